The summed E-state index contributed by atoms with van der Waals surface area (Å²) >= 11 is 1.19. The monoisotopic (exact) mass is 305 g/mol. The summed E-state index contributed by atoms with van der Waals surface area (Å²) in [5, 5.41) is 20.1. The molecule has 2 N–H and O–H groups in total. The Hall–Kier alpha value is -2.28. The maximum Gasteiger partial charge on any atom is 0.303 e. The minimum Gasteiger partial charge on any atom is -0.481 e. The molecule has 0 saturated carbocycles. The second kappa shape index (κ2) is 6.94. The third-order valence-corrected chi connectivity index (χ3v) is 3.82. The lowest BCUT2D eigenvalue weighted by Gasteiger charge is -2.05. The van der Waals surface area contributed by atoms with E-state index in [1.165, 1.54) is 11.3 Å². The first kappa shape index (κ1) is 15.1. The zero-order chi connectivity index (χ0) is 15.2. The minimum absolute atomic E-state index is 0.0876. The average molecular weight is 305 g/mol. The third-order valence-electron chi connectivity index (χ3n) is 2.84. The first-order chi connectivity index (χ1) is 10.1. The zero-order valence-corrected chi connectivity index (χ0v) is 12.3. The number of anilines is 1. The number of nitrogens with zero attached hydrogens (tertiary/aromatic N) is 2. The number of carbonyl (C=O) groups is 2. The van der Waals surface area contributed by atoms with E-state index in [-0.39, 0.29) is 17.3 Å². The molecule has 110 valence electrons. The largest absolute Gasteiger partial charge is 0.481 e. The molecule has 1 heterocycles. The second-order valence-corrected chi connectivity index (χ2v) is 5.58. The van der Waals surface area contributed by atoms with Gasteiger partial charge < -0.3 is 10.4 Å². The third kappa shape index (κ3) is 4.35. The molecule has 0 aliphatic rings. The summed E-state index contributed by atoms with van der Waals surface area (Å²) in [7, 11) is 0. The molecule has 0 aliphatic carbocycles. The fourth-order valence-electron chi connectivity index (χ4n) is 1.73. The van der Waals surface area contributed by atoms with Crippen molar-refractivity contribution >= 4 is 28.9 Å². The standard InChI is InChI=1S/C14H15N3O3S/c1-9-5-2-3-6-10(9)15-13(20)14-17-16-11(21-14)7-4-8-12(18)19/h2-3,5-6H,4,7-8H2,1H3,(H,15,20)(H,18,19). The molecule has 1 aromatic heterocycles. The van der Waals surface area contributed by atoms with Gasteiger partial charge in [0.25, 0.3) is 5.91 Å². The summed E-state index contributed by atoms with van der Waals surface area (Å²) in [6.45, 7) is 1.91. The van der Waals surface area contributed by atoms with Crippen LogP contribution in [0.25, 0.3) is 0 Å². The topological polar surface area (TPSA) is 92.2 Å². The van der Waals surface area contributed by atoms with E-state index in [9.17, 15) is 9.59 Å². The van der Waals surface area contributed by atoms with Crippen molar-refractivity contribution < 1.29 is 14.7 Å². The Kier molecular flexibility index (Phi) is 4.99. The van der Waals surface area contributed by atoms with Crippen molar-refractivity contribution in [3.63, 3.8) is 0 Å². The van der Waals surface area contributed by atoms with Crippen molar-refractivity contribution in [2.45, 2.75) is 26.2 Å². The molecular weight excluding hydrogens is 290 g/mol. The Balaban J connectivity index is 1.96. The Morgan fingerprint density at radius 3 is 2.76 bits per heavy atom. The molecule has 2 aromatic rings. The van der Waals surface area contributed by atoms with Gasteiger partial charge in [-0.25, -0.2) is 0 Å². The predicted molar refractivity (Wildman–Crippen MR) is 79.6 cm³/mol. The number of benzene rings is 1. The number of aromatic nitrogens is 2. The van der Waals surface area contributed by atoms with Gasteiger partial charge in [-0.05, 0) is 25.0 Å². The van der Waals surface area contributed by atoms with Crippen LogP contribution in [0.1, 0.15) is 33.2 Å². The minimum atomic E-state index is -0.836. The number of hydrogen-bond acceptors (Lipinski definition) is 5. The molecule has 0 atom stereocenters. The molecule has 21 heavy (non-hydrogen) atoms. The molecule has 1 amide bonds. The molecule has 7 heteroatoms. The number of rotatable bonds is 6. The SMILES string of the molecule is Cc1ccccc1NC(=O)c1nnc(CCCC(=O)O)s1. The van der Waals surface area contributed by atoms with E-state index < -0.39 is 5.97 Å². The van der Waals surface area contributed by atoms with Gasteiger partial charge in [-0.3, -0.25) is 9.59 Å². The van der Waals surface area contributed by atoms with E-state index in [0.29, 0.717) is 17.8 Å². The summed E-state index contributed by atoms with van der Waals surface area (Å²) in [4.78, 5) is 22.5. The van der Waals surface area contributed by atoms with Gasteiger partial charge in [0.05, 0.1) is 0 Å². The summed E-state index contributed by atoms with van der Waals surface area (Å²) < 4.78 is 0. The van der Waals surface area contributed by atoms with Crippen LogP contribution in [0.4, 0.5) is 5.69 Å². The first-order valence-electron chi connectivity index (χ1n) is 6.47. The van der Waals surface area contributed by atoms with Gasteiger partial charge in [-0.15, -0.1) is 10.2 Å². The van der Waals surface area contributed by atoms with Crippen LogP contribution in [0, 0.1) is 6.92 Å². The highest BCUT2D eigenvalue weighted by atomic mass is 32.1. The van der Waals surface area contributed by atoms with Crippen molar-refractivity contribution in [2.75, 3.05) is 5.32 Å². The van der Waals surface area contributed by atoms with Crippen LogP contribution in [0.3, 0.4) is 0 Å². The number of carboxylic acids is 1. The lowest BCUT2D eigenvalue weighted by atomic mass is 10.2. The summed E-state index contributed by atoms with van der Waals surface area (Å²) in [6, 6.07) is 7.48. The maximum atomic E-state index is 12.1. The molecule has 6 nitrogen and oxygen atoms in total. The Morgan fingerprint density at radius 2 is 2.05 bits per heavy atom. The van der Waals surface area contributed by atoms with Crippen molar-refractivity contribution in [2.24, 2.45) is 0 Å². The van der Waals surface area contributed by atoms with E-state index in [1.807, 2.05) is 31.2 Å². The number of aryl methyl sites for hydroxylation is 2. The van der Waals surface area contributed by atoms with E-state index in [0.717, 1.165) is 11.3 Å². The molecule has 0 radical (unpaired) electrons. The van der Waals surface area contributed by atoms with Gasteiger partial charge in [0, 0.05) is 18.5 Å². The van der Waals surface area contributed by atoms with Crippen LogP contribution in [-0.2, 0) is 11.2 Å². The molecule has 0 spiro atoms. The van der Waals surface area contributed by atoms with Crippen molar-refractivity contribution in [3.05, 3.63) is 39.8 Å². The van der Waals surface area contributed by atoms with Gasteiger partial charge in [-0.1, -0.05) is 29.5 Å². The van der Waals surface area contributed by atoms with Crippen molar-refractivity contribution in [1.29, 1.82) is 0 Å². The summed E-state index contributed by atoms with van der Waals surface area (Å²) in [6.07, 6.45) is 1.09. The molecule has 0 fully saturated rings. The second-order valence-electron chi connectivity index (χ2n) is 4.52. The van der Waals surface area contributed by atoms with Gasteiger partial charge in [-0.2, -0.15) is 0 Å². The number of aliphatic carboxylic acids is 1. The number of carbonyl (C=O) groups excluding carboxylic acids is 1. The number of hydrogen-bond donors (Lipinski definition) is 2. The molecule has 1 aromatic carbocycles. The Bertz CT molecular complexity index is 654. The molecule has 0 aliphatic heterocycles. The number of amides is 1. The highest BCUT2D eigenvalue weighted by Gasteiger charge is 2.14. The van der Waals surface area contributed by atoms with Crippen molar-refractivity contribution in [1.82, 2.24) is 10.2 Å². The highest BCUT2D eigenvalue weighted by Crippen LogP contribution is 2.17. The molecule has 0 unspecified atom stereocenters. The number of nitrogens with one attached hydrogen (secondary N) is 1. The van der Waals surface area contributed by atoms with Gasteiger partial charge in [0.15, 0.2) is 0 Å². The number of para-hydroxylation sites is 1. The van der Waals surface area contributed by atoms with Crippen LogP contribution >= 0.6 is 11.3 Å². The van der Waals surface area contributed by atoms with Crippen molar-refractivity contribution in [3.8, 4) is 0 Å². The van der Waals surface area contributed by atoms with Crippen LogP contribution in [0.5, 0.6) is 0 Å². The van der Waals surface area contributed by atoms with Crippen LogP contribution in [-0.4, -0.2) is 27.2 Å². The highest BCUT2D eigenvalue weighted by molar-refractivity contribution is 7.13. The normalized spacial score (nSPS) is 10.3. The van der Waals surface area contributed by atoms with Gasteiger partial charge in [0.2, 0.25) is 5.01 Å². The number of carboxylic acid groups (broad SMARTS) is 1. The zero-order valence-electron chi connectivity index (χ0n) is 11.5. The van der Waals surface area contributed by atoms with E-state index in [2.05, 4.69) is 15.5 Å². The van der Waals surface area contributed by atoms with Gasteiger partial charge in [0.1, 0.15) is 5.01 Å². The summed E-state index contributed by atoms with van der Waals surface area (Å²) in [5.74, 6) is -1.14. The van der Waals surface area contributed by atoms with E-state index in [4.69, 9.17) is 5.11 Å². The maximum absolute atomic E-state index is 12.1. The first-order valence-corrected chi connectivity index (χ1v) is 7.29. The lowest BCUT2D eigenvalue weighted by molar-refractivity contribution is -0.137. The quantitative estimate of drug-likeness (QED) is 0.855. The fraction of sp³-hybridized carbons (Fsp3) is 0.286. The Morgan fingerprint density at radius 1 is 1.29 bits per heavy atom. The Labute approximate surface area is 125 Å². The predicted octanol–water partition coefficient (Wildman–Crippen LogP) is 2.51. The van der Waals surface area contributed by atoms with Gasteiger partial charge >= 0.3 is 5.97 Å². The molecule has 2 rings (SSSR count). The van der Waals surface area contributed by atoms with Crippen LogP contribution in [0.2, 0.25) is 0 Å². The summed E-state index contributed by atoms with van der Waals surface area (Å²) in [5.41, 5.74) is 1.71. The van der Waals surface area contributed by atoms with E-state index >= 15 is 0 Å². The van der Waals surface area contributed by atoms with Crippen LogP contribution in [0.15, 0.2) is 24.3 Å². The smallest absolute Gasteiger partial charge is 0.303 e. The van der Waals surface area contributed by atoms with Crippen LogP contribution < -0.4 is 5.32 Å². The molecular formula is C14H15N3O3S. The fourth-order valence-corrected chi connectivity index (χ4v) is 2.50. The molecule has 0 bridgehead atoms. The van der Waals surface area contributed by atoms with E-state index in [1.54, 1.807) is 0 Å². The average Bonchev–Trinajstić information content (AvgIpc) is 2.90. The molecule has 0 saturated heterocycles. The lowest BCUT2D eigenvalue weighted by Crippen LogP contribution is -2.12.